The fourth-order valence-corrected chi connectivity index (χ4v) is 2.17. The van der Waals surface area contributed by atoms with E-state index in [9.17, 15) is 14.4 Å². The molecule has 0 radical (unpaired) electrons. The van der Waals surface area contributed by atoms with Gasteiger partial charge in [0.05, 0.1) is 0 Å². The molecule has 1 aromatic heterocycles. The van der Waals surface area contributed by atoms with Crippen molar-refractivity contribution in [2.75, 3.05) is 7.05 Å². The number of aromatic nitrogens is 2. The SMILES string of the molecule is CCCC(C)(CC)n1cc(C(=O)NC)c(=O)[nH]c1=O. The van der Waals surface area contributed by atoms with Gasteiger partial charge in [0.2, 0.25) is 0 Å². The molecular formula is C13H21N3O3. The van der Waals surface area contributed by atoms with Gasteiger partial charge < -0.3 is 5.32 Å². The summed E-state index contributed by atoms with van der Waals surface area (Å²) in [6.07, 6.45) is 3.80. The third kappa shape index (κ3) is 2.94. The summed E-state index contributed by atoms with van der Waals surface area (Å²) in [6.45, 7) is 5.96. The third-order valence-corrected chi connectivity index (χ3v) is 3.55. The Morgan fingerprint density at radius 2 is 2.05 bits per heavy atom. The van der Waals surface area contributed by atoms with Gasteiger partial charge in [-0.1, -0.05) is 20.3 Å². The highest BCUT2D eigenvalue weighted by atomic mass is 16.2. The second-order valence-electron chi connectivity index (χ2n) is 4.85. The van der Waals surface area contributed by atoms with Gasteiger partial charge in [-0.3, -0.25) is 19.1 Å². The number of nitrogens with one attached hydrogen (secondary N) is 2. The second-order valence-corrected chi connectivity index (χ2v) is 4.85. The van der Waals surface area contributed by atoms with Crippen LogP contribution in [0.15, 0.2) is 15.8 Å². The summed E-state index contributed by atoms with van der Waals surface area (Å²) in [5, 5.41) is 2.40. The van der Waals surface area contributed by atoms with Gasteiger partial charge in [0.1, 0.15) is 5.56 Å². The van der Waals surface area contributed by atoms with Crippen LogP contribution in [0.2, 0.25) is 0 Å². The molecule has 0 aromatic carbocycles. The average molecular weight is 267 g/mol. The standard InChI is InChI=1S/C13H21N3O3/c1-5-7-13(3,6-2)16-8-9(10(17)14-4)11(18)15-12(16)19/h8H,5-7H2,1-4H3,(H,14,17)(H,15,18,19). The van der Waals surface area contributed by atoms with Crippen LogP contribution in [0.25, 0.3) is 0 Å². The lowest BCUT2D eigenvalue weighted by Gasteiger charge is -2.30. The molecule has 2 N–H and O–H groups in total. The van der Waals surface area contributed by atoms with Gasteiger partial charge in [-0.05, 0) is 19.8 Å². The minimum absolute atomic E-state index is 0.0436. The summed E-state index contributed by atoms with van der Waals surface area (Å²) in [7, 11) is 1.45. The smallest absolute Gasteiger partial charge is 0.328 e. The van der Waals surface area contributed by atoms with Gasteiger partial charge in [0.25, 0.3) is 11.5 Å². The van der Waals surface area contributed by atoms with Crippen LogP contribution >= 0.6 is 0 Å². The first-order valence-electron chi connectivity index (χ1n) is 6.48. The molecule has 0 aliphatic rings. The van der Waals surface area contributed by atoms with E-state index in [1.54, 1.807) is 0 Å². The van der Waals surface area contributed by atoms with E-state index in [2.05, 4.69) is 10.3 Å². The first kappa shape index (κ1) is 15.2. The first-order chi connectivity index (χ1) is 8.89. The van der Waals surface area contributed by atoms with Crippen LogP contribution in [-0.2, 0) is 5.54 Å². The zero-order valence-electron chi connectivity index (χ0n) is 11.9. The van der Waals surface area contributed by atoms with E-state index in [1.807, 2.05) is 20.8 Å². The second kappa shape index (κ2) is 5.86. The maximum atomic E-state index is 12.0. The fraction of sp³-hybridized carbons (Fsp3) is 0.615. The quantitative estimate of drug-likeness (QED) is 0.828. The third-order valence-electron chi connectivity index (χ3n) is 3.55. The van der Waals surface area contributed by atoms with Gasteiger partial charge in [-0.15, -0.1) is 0 Å². The molecular weight excluding hydrogens is 246 g/mol. The monoisotopic (exact) mass is 267 g/mol. The molecule has 0 aliphatic carbocycles. The Kier molecular flexibility index (Phi) is 4.69. The maximum absolute atomic E-state index is 12.0. The molecule has 0 saturated carbocycles. The van der Waals surface area contributed by atoms with Gasteiger partial charge in [0.15, 0.2) is 0 Å². The predicted molar refractivity (Wildman–Crippen MR) is 73.6 cm³/mol. The van der Waals surface area contributed by atoms with Gasteiger partial charge in [-0.25, -0.2) is 4.79 Å². The van der Waals surface area contributed by atoms with Crippen molar-refractivity contribution in [3.05, 3.63) is 32.6 Å². The lowest BCUT2D eigenvalue weighted by molar-refractivity contribution is 0.0959. The van der Waals surface area contributed by atoms with E-state index in [-0.39, 0.29) is 5.56 Å². The van der Waals surface area contributed by atoms with Crippen molar-refractivity contribution in [2.45, 2.75) is 45.6 Å². The number of hydrogen-bond acceptors (Lipinski definition) is 3. The van der Waals surface area contributed by atoms with Crippen LogP contribution in [0.3, 0.4) is 0 Å². The number of H-pyrrole nitrogens is 1. The Morgan fingerprint density at radius 1 is 1.42 bits per heavy atom. The normalized spacial score (nSPS) is 13.9. The van der Waals surface area contributed by atoms with Crippen LogP contribution in [-0.4, -0.2) is 22.5 Å². The molecule has 6 nitrogen and oxygen atoms in total. The van der Waals surface area contributed by atoms with E-state index >= 15 is 0 Å². The zero-order valence-corrected chi connectivity index (χ0v) is 11.9. The summed E-state index contributed by atoms with van der Waals surface area (Å²) in [6, 6.07) is 0. The number of amides is 1. The molecule has 1 aromatic rings. The number of aromatic amines is 1. The maximum Gasteiger partial charge on any atom is 0.328 e. The van der Waals surface area contributed by atoms with E-state index in [0.717, 1.165) is 19.3 Å². The van der Waals surface area contributed by atoms with E-state index in [1.165, 1.54) is 17.8 Å². The summed E-state index contributed by atoms with van der Waals surface area (Å²) >= 11 is 0. The summed E-state index contributed by atoms with van der Waals surface area (Å²) in [5.74, 6) is -0.495. The van der Waals surface area contributed by atoms with Crippen LogP contribution in [0.5, 0.6) is 0 Å². The molecule has 0 bridgehead atoms. The van der Waals surface area contributed by atoms with E-state index in [4.69, 9.17) is 0 Å². The Morgan fingerprint density at radius 3 is 2.53 bits per heavy atom. The topological polar surface area (TPSA) is 84.0 Å². The lowest BCUT2D eigenvalue weighted by Crippen LogP contribution is -2.44. The Hall–Kier alpha value is -1.85. The highest BCUT2D eigenvalue weighted by Crippen LogP contribution is 2.24. The zero-order chi connectivity index (χ0) is 14.6. The molecule has 6 heteroatoms. The van der Waals surface area contributed by atoms with Gasteiger partial charge in [0, 0.05) is 18.8 Å². The molecule has 1 rings (SSSR count). The molecule has 1 unspecified atom stereocenters. The Bertz CT molecular complexity index is 573. The van der Waals surface area contributed by atoms with Crippen molar-refractivity contribution >= 4 is 5.91 Å². The minimum Gasteiger partial charge on any atom is -0.355 e. The van der Waals surface area contributed by atoms with Gasteiger partial charge in [-0.2, -0.15) is 0 Å². The van der Waals surface area contributed by atoms with Crippen LogP contribution in [0.1, 0.15) is 50.4 Å². The molecule has 106 valence electrons. The molecule has 0 spiro atoms. The molecule has 0 aliphatic heterocycles. The number of carbonyl (C=O) groups excluding carboxylic acids is 1. The molecule has 0 fully saturated rings. The lowest BCUT2D eigenvalue weighted by atomic mass is 9.92. The van der Waals surface area contributed by atoms with Crippen LogP contribution in [0.4, 0.5) is 0 Å². The van der Waals surface area contributed by atoms with Crippen molar-refractivity contribution in [3.63, 3.8) is 0 Å². The summed E-state index contributed by atoms with van der Waals surface area (Å²) in [4.78, 5) is 37.4. The minimum atomic E-state index is -0.657. The first-order valence-corrected chi connectivity index (χ1v) is 6.48. The van der Waals surface area contributed by atoms with Crippen molar-refractivity contribution < 1.29 is 4.79 Å². The molecule has 19 heavy (non-hydrogen) atoms. The Balaban J connectivity index is 3.48. The molecule has 1 heterocycles. The number of nitrogens with zero attached hydrogens (tertiary/aromatic N) is 1. The van der Waals surface area contributed by atoms with E-state index in [0.29, 0.717) is 0 Å². The van der Waals surface area contributed by atoms with Gasteiger partial charge >= 0.3 is 5.69 Å². The van der Waals surface area contributed by atoms with Crippen molar-refractivity contribution in [2.24, 2.45) is 0 Å². The number of carbonyl (C=O) groups is 1. The van der Waals surface area contributed by atoms with Crippen LogP contribution in [0, 0.1) is 0 Å². The van der Waals surface area contributed by atoms with Crippen molar-refractivity contribution in [1.82, 2.24) is 14.9 Å². The molecule has 1 atom stereocenters. The highest BCUT2D eigenvalue weighted by molar-refractivity contribution is 5.93. The van der Waals surface area contributed by atoms with E-state index < -0.39 is 22.7 Å². The highest BCUT2D eigenvalue weighted by Gasteiger charge is 2.26. The molecule has 1 amide bonds. The molecule has 0 saturated heterocycles. The predicted octanol–water partition coefficient (Wildman–Crippen LogP) is 0.821. The Labute approximate surface area is 111 Å². The average Bonchev–Trinajstić information content (AvgIpc) is 2.38. The summed E-state index contributed by atoms with van der Waals surface area (Å²) < 4.78 is 1.46. The summed E-state index contributed by atoms with van der Waals surface area (Å²) in [5.41, 5.74) is -1.58. The fourth-order valence-electron chi connectivity index (χ4n) is 2.17. The number of rotatable bonds is 5. The number of hydrogen-bond donors (Lipinski definition) is 2. The van der Waals surface area contributed by atoms with Crippen molar-refractivity contribution in [1.29, 1.82) is 0 Å². The van der Waals surface area contributed by atoms with Crippen molar-refractivity contribution in [3.8, 4) is 0 Å². The van der Waals surface area contributed by atoms with Crippen LogP contribution < -0.4 is 16.6 Å². The largest absolute Gasteiger partial charge is 0.355 e.